The number of rotatable bonds is 6. The van der Waals surface area contributed by atoms with Crippen molar-refractivity contribution >= 4 is 23.3 Å². The summed E-state index contributed by atoms with van der Waals surface area (Å²) in [7, 11) is 0. The first-order valence-electron chi connectivity index (χ1n) is 6.80. The molecule has 0 aliphatic carbocycles. The third-order valence-electron chi connectivity index (χ3n) is 3.04. The molecule has 1 N–H and O–H groups in total. The van der Waals surface area contributed by atoms with Gasteiger partial charge in [0.25, 0.3) is 0 Å². The Morgan fingerprint density at radius 2 is 2.05 bits per heavy atom. The second kappa shape index (κ2) is 7.65. The molecule has 0 aliphatic heterocycles. The van der Waals surface area contributed by atoms with Crippen LogP contribution in [0.15, 0.2) is 53.9 Å². The number of thiophene rings is 1. The van der Waals surface area contributed by atoms with Crippen LogP contribution in [-0.2, 0) is 11.2 Å². The Hall–Kier alpha value is -1.87. The molecule has 1 heterocycles. The molecule has 2 aromatic rings. The van der Waals surface area contributed by atoms with Crippen LogP contribution in [0, 0.1) is 0 Å². The topological polar surface area (TPSA) is 29.1 Å². The fourth-order valence-electron chi connectivity index (χ4n) is 1.93. The van der Waals surface area contributed by atoms with Gasteiger partial charge in [0.2, 0.25) is 5.91 Å². The Kier molecular flexibility index (Phi) is 5.56. The zero-order valence-corrected chi connectivity index (χ0v) is 12.4. The van der Waals surface area contributed by atoms with Crippen LogP contribution in [0.5, 0.6) is 0 Å². The number of hydrogen-bond donors (Lipinski definition) is 1. The van der Waals surface area contributed by atoms with Gasteiger partial charge in [0.1, 0.15) is 0 Å². The average molecular weight is 285 g/mol. The number of benzene rings is 1. The first-order chi connectivity index (χ1) is 9.74. The summed E-state index contributed by atoms with van der Waals surface area (Å²) in [5.41, 5.74) is 1.31. The van der Waals surface area contributed by atoms with E-state index in [1.165, 1.54) is 5.56 Å². The molecule has 3 heteroatoms. The number of amides is 1. The Bertz CT molecular complexity index is 546. The fraction of sp³-hybridized carbons (Fsp3) is 0.235. The first kappa shape index (κ1) is 14.5. The van der Waals surface area contributed by atoms with E-state index in [9.17, 15) is 4.79 Å². The van der Waals surface area contributed by atoms with Crippen molar-refractivity contribution in [1.82, 2.24) is 5.32 Å². The smallest absolute Gasteiger partial charge is 0.244 e. The van der Waals surface area contributed by atoms with Gasteiger partial charge in [-0.25, -0.2) is 0 Å². The number of carbonyl (C=O) groups is 1. The first-order valence-corrected chi connectivity index (χ1v) is 7.68. The van der Waals surface area contributed by atoms with Gasteiger partial charge in [0.05, 0.1) is 0 Å². The highest BCUT2D eigenvalue weighted by atomic mass is 32.1. The summed E-state index contributed by atoms with van der Waals surface area (Å²) in [6, 6.07) is 14.5. The second-order valence-electron chi connectivity index (χ2n) is 4.78. The van der Waals surface area contributed by atoms with Crippen molar-refractivity contribution in [2.24, 2.45) is 0 Å². The summed E-state index contributed by atoms with van der Waals surface area (Å²) in [6.07, 6.45) is 5.38. The molecule has 1 amide bonds. The molecule has 0 unspecified atom stereocenters. The minimum atomic E-state index is -0.0287. The van der Waals surface area contributed by atoms with Crippen LogP contribution in [0.25, 0.3) is 6.08 Å². The number of hydrogen-bond acceptors (Lipinski definition) is 2. The van der Waals surface area contributed by atoms with Crippen LogP contribution in [0.1, 0.15) is 23.8 Å². The van der Waals surface area contributed by atoms with Gasteiger partial charge in [-0.15, -0.1) is 11.3 Å². The van der Waals surface area contributed by atoms with Gasteiger partial charge in [-0.3, -0.25) is 4.79 Å². The molecule has 104 valence electrons. The van der Waals surface area contributed by atoms with Crippen LogP contribution in [-0.4, -0.2) is 11.9 Å². The molecule has 2 rings (SSSR count). The summed E-state index contributed by atoms with van der Waals surface area (Å²) < 4.78 is 0. The van der Waals surface area contributed by atoms with Crippen molar-refractivity contribution in [3.05, 3.63) is 64.4 Å². The van der Waals surface area contributed by atoms with E-state index in [1.807, 2.05) is 48.7 Å². The summed E-state index contributed by atoms with van der Waals surface area (Å²) in [5, 5.41) is 4.99. The number of aryl methyl sites for hydroxylation is 1. The van der Waals surface area contributed by atoms with Crippen molar-refractivity contribution in [3.63, 3.8) is 0 Å². The van der Waals surface area contributed by atoms with Gasteiger partial charge in [0.15, 0.2) is 0 Å². The predicted molar refractivity (Wildman–Crippen MR) is 85.7 cm³/mol. The fourth-order valence-corrected chi connectivity index (χ4v) is 2.55. The number of carbonyl (C=O) groups excluding carboxylic acids is 1. The van der Waals surface area contributed by atoms with Gasteiger partial charge < -0.3 is 5.32 Å². The van der Waals surface area contributed by atoms with Crippen molar-refractivity contribution in [1.29, 1.82) is 0 Å². The molecule has 0 saturated heterocycles. The van der Waals surface area contributed by atoms with Crippen LogP contribution < -0.4 is 5.32 Å². The summed E-state index contributed by atoms with van der Waals surface area (Å²) in [6.45, 7) is 2.04. The third-order valence-corrected chi connectivity index (χ3v) is 3.88. The zero-order valence-electron chi connectivity index (χ0n) is 11.6. The molecule has 20 heavy (non-hydrogen) atoms. The zero-order chi connectivity index (χ0) is 14.2. The van der Waals surface area contributed by atoms with E-state index in [-0.39, 0.29) is 11.9 Å². The van der Waals surface area contributed by atoms with Crippen molar-refractivity contribution in [3.8, 4) is 0 Å². The van der Waals surface area contributed by atoms with Crippen molar-refractivity contribution in [2.45, 2.75) is 25.8 Å². The molecule has 0 radical (unpaired) electrons. The van der Waals surface area contributed by atoms with Crippen LogP contribution in [0.2, 0.25) is 0 Å². The molecular formula is C17H19NOS. The van der Waals surface area contributed by atoms with Crippen LogP contribution in [0.4, 0.5) is 0 Å². The highest BCUT2D eigenvalue weighted by Gasteiger charge is 2.05. The van der Waals surface area contributed by atoms with Gasteiger partial charge >= 0.3 is 0 Å². The van der Waals surface area contributed by atoms with E-state index >= 15 is 0 Å². The van der Waals surface area contributed by atoms with E-state index in [2.05, 4.69) is 17.4 Å². The second-order valence-corrected chi connectivity index (χ2v) is 5.76. The Morgan fingerprint density at radius 1 is 1.25 bits per heavy atom. The highest BCUT2D eigenvalue weighted by Crippen LogP contribution is 2.10. The van der Waals surface area contributed by atoms with E-state index in [0.29, 0.717) is 0 Å². The maximum atomic E-state index is 11.8. The molecule has 0 aliphatic rings. The minimum Gasteiger partial charge on any atom is -0.350 e. The lowest BCUT2D eigenvalue weighted by Gasteiger charge is -2.12. The highest BCUT2D eigenvalue weighted by molar-refractivity contribution is 7.10. The Balaban J connectivity index is 1.74. The molecular weight excluding hydrogens is 266 g/mol. The lowest BCUT2D eigenvalue weighted by Crippen LogP contribution is -2.31. The molecule has 1 aromatic carbocycles. The van der Waals surface area contributed by atoms with E-state index in [4.69, 9.17) is 0 Å². The molecule has 0 saturated carbocycles. The van der Waals surface area contributed by atoms with Crippen molar-refractivity contribution < 1.29 is 4.79 Å². The molecule has 0 bridgehead atoms. The SMILES string of the molecule is C[C@@H](CCc1ccccc1)NC(=O)/C=C\c1cccs1. The van der Waals surface area contributed by atoms with Crippen LogP contribution >= 0.6 is 11.3 Å². The standard InChI is InChI=1S/C17H19NOS/c1-14(9-10-15-6-3-2-4-7-15)18-17(19)12-11-16-8-5-13-20-16/h2-8,11-14H,9-10H2,1H3,(H,18,19)/b12-11-/t14-/m0/s1. The van der Waals surface area contributed by atoms with Gasteiger partial charge in [-0.2, -0.15) is 0 Å². The maximum Gasteiger partial charge on any atom is 0.244 e. The van der Waals surface area contributed by atoms with Crippen molar-refractivity contribution in [2.75, 3.05) is 0 Å². The monoisotopic (exact) mass is 285 g/mol. The normalized spacial score (nSPS) is 12.4. The average Bonchev–Trinajstić information content (AvgIpc) is 2.97. The molecule has 2 nitrogen and oxygen atoms in total. The van der Waals surface area contributed by atoms with Gasteiger partial charge in [-0.1, -0.05) is 36.4 Å². The maximum absolute atomic E-state index is 11.8. The Labute approximate surface area is 124 Å². The van der Waals surface area contributed by atoms with E-state index < -0.39 is 0 Å². The largest absolute Gasteiger partial charge is 0.350 e. The Morgan fingerprint density at radius 3 is 2.75 bits per heavy atom. The van der Waals surface area contributed by atoms with Gasteiger partial charge in [0, 0.05) is 17.0 Å². The summed E-state index contributed by atoms with van der Waals surface area (Å²) in [5.74, 6) is -0.0287. The summed E-state index contributed by atoms with van der Waals surface area (Å²) in [4.78, 5) is 12.9. The molecule has 1 atom stereocenters. The van der Waals surface area contributed by atoms with Crippen LogP contribution in [0.3, 0.4) is 0 Å². The molecule has 0 fully saturated rings. The molecule has 0 spiro atoms. The summed E-state index contributed by atoms with van der Waals surface area (Å²) >= 11 is 1.62. The lowest BCUT2D eigenvalue weighted by atomic mass is 10.1. The molecule has 1 aromatic heterocycles. The predicted octanol–water partition coefficient (Wildman–Crippen LogP) is 3.90. The lowest BCUT2D eigenvalue weighted by molar-refractivity contribution is -0.117. The van der Waals surface area contributed by atoms with E-state index in [1.54, 1.807) is 17.4 Å². The number of nitrogens with one attached hydrogen (secondary N) is 1. The third kappa shape index (κ3) is 5.02. The quantitative estimate of drug-likeness (QED) is 0.801. The minimum absolute atomic E-state index is 0.0287. The van der Waals surface area contributed by atoms with Gasteiger partial charge in [-0.05, 0) is 42.9 Å². The van der Waals surface area contributed by atoms with E-state index in [0.717, 1.165) is 17.7 Å².